The molecule has 0 spiro atoms. The second-order valence-electron chi connectivity index (χ2n) is 1.62. The van der Waals surface area contributed by atoms with Gasteiger partial charge in [0.25, 0.3) is 0 Å². The van der Waals surface area contributed by atoms with E-state index in [0.29, 0.717) is 5.92 Å². The Bertz CT molecular complexity index is 103. The maximum atomic E-state index is 9.70. The molecule has 0 rings (SSSR count). The van der Waals surface area contributed by atoms with Gasteiger partial charge in [0, 0.05) is 0 Å². The zero-order chi connectivity index (χ0) is 6.41. The van der Waals surface area contributed by atoms with Crippen molar-refractivity contribution in [3.05, 3.63) is 24.8 Å². The Morgan fingerprint density at radius 2 is 2.25 bits per heavy atom. The lowest BCUT2D eigenvalue weighted by Gasteiger charge is -1.90. The highest BCUT2D eigenvalue weighted by Crippen LogP contribution is 1.94. The minimum absolute atomic E-state index is 0.306. The molecular weight excluding hydrogens is 100 g/mol. The van der Waals surface area contributed by atoms with E-state index in [2.05, 4.69) is 6.58 Å². The van der Waals surface area contributed by atoms with E-state index in [1.807, 2.05) is 6.92 Å². The van der Waals surface area contributed by atoms with Crippen molar-refractivity contribution < 1.29 is 4.79 Å². The van der Waals surface area contributed by atoms with Gasteiger partial charge in [0.15, 0.2) is 0 Å². The van der Waals surface area contributed by atoms with E-state index in [-0.39, 0.29) is 0 Å². The number of allylic oxidation sites excluding steroid dienone is 3. The van der Waals surface area contributed by atoms with Crippen LogP contribution in [0.1, 0.15) is 6.92 Å². The van der Waals surface area contributed by atoms with Gasteiger partial charge in [-0.25, -0.2) is 0 Å². The van der Waals surface area contributed by atoms with Gasteiger partial charge in [0.2, 0.25) is 0 Å². The Labute approximate surface area is 49.7 Å². The summed E-state index contributed by atoms with van der Waals surface area (Å²) in [5.41, 5.74) is 0. The van der Waals surface area contributed by atoms with Crippen molar-refractivity contribution in [2.45, 2.75) is 6.92 Å². The molecular formula is C7H10O. The zero-order valence-electron chi connectivity index (χ0n) is 5.00. The third kappa shape index (κ3) is 3.34. The number of rotatable bonds is 3. The molecule has 0 heterocycles. The smallest absolute Gasteiger partial charge is 0.142 e. The SMILES string of the molecule is C=CC(C)/C=C\C=O. The Balaban J connectivity index is 3.50. The molecule has 0 aliphatic heterocycles. The lowest BCUT2D eigenvalue weighted by molar-refractivity contribution is -0.104. The third-order valence-corrected chi connectivity index (χ3v) is 0.865. The molecule has 0 aromatic carbocycles. The highest BCUT2D eigenvalue weighted by molar-refractivity contribution is 5.64. The van der Waals surface area contributed by atoms with Gasteiger partial charge in [0.05, 0.1) is 0 Å². The van der Waals surface area contributed by atoms with Crippen molar-refractivity contribution in [2.75, 3.05) is 0 Å². The van der Waals surface area contributed by atoms with E-state index in [9.17, 15) is 4.79 Å². The third-order valence-electron chi connectivity index (χ3n) is 0.865. The number of carbonyl (C=O) groups excluding carboxylic acids is 1. The molecule has 0 fully saturated rings. The number of carbonyl (C=O) groups is 1. The summed E-state index contributed by atoms with van der Waals surface area (Å²) in [6.45, 7) is 5.51. The van der Waals surface area contributed by atoms with Crippen LogP contribution in [-0.2, 0) is 4.79 Å². The van der Waals surface area contributed by atoms with Crippen LogP contribution in [0.5, 0.6) is 0 Å². The summed E-state index contributed by atoms with van der Waals surface area (Å²) in [6, 6.07) is 0. The van der Waals surface area contributed by atoms with Crippen molar-refractivity contribution in [1.29, 1.82) is 0 Å². The van der Waals surface area contributed by atoms with Crippen LogP contribution >= 0.6 is 0 Å². The van der Waals surface area contributed by atoms with Gasteiger partial charge >= 0.3 is 0 Å². The molecule has 0 amide bonds. The van der Waals surface area contributed by atoms with E-state index in [1.165, 1.54) is 6.08 Å². The second-order valence-corrected chi connectivity index (χ2v) is 1.62. The van der Waals surface area contributed by atoms with Crippen molar-refractivity contribution in [2.24, 2.45) is 5.92 Å². The molecule has 1 nitrogen and oxygen atoms in total. The summed E-state index contributed by atoms with van der Waals surface area (Å²) in [5.74, 6) is 0.306. The molecule has 1 heteroatoms. The minimum atomic E-state index is 0.306. The van der Waals surface area contributed by atoms with E-state index in [1.54, 1.807) is 12.2 Å². The predicted octanol–water partition coefficient (Wildman–Crippen LogP) is 1.56. The Morgan fingerprint density at radius 1 is 1.62 bits per heavy atom. The van der Waals surface area contributed by atoms with Crippen molar-refractivity contribution >= 4 is 6.29 Å². The molecule has 0 aromatic rings. The summed E-state index contributed by atoms with van der Waals surface area (Å²) in [7, 11) is 0. The van der Waals surface area contributed by atoms with E-state index < -0.39 is 0 Å². The largest absolute Gasteiger partial charge is 0.299 e. The summed E-state index contributed by atoms with van der Waals surface area (Å²) in [6.07, 6.45) is 5.81. The molecule has 8 heavy (non-hydrogen) atoms. The zero-order valence-corrected chi connectivity index (χ0v) is 5.00. The predicted molar refractivity (Wildman–Crippen MR) is 34.6 cm³/mol. The quantitative estimate of drug-likeness (QED) is 0.306. The average Bonchev–Trinajstić information content (AvgIpc) is 1.83. The fourth-order valence-corrected chi connectivity index (χ4v) is 0.299. The molecule has 0 aliphatic carbocycles. The van der Waals surface area contributed by atoms with Gasteiger partial charge < -0.3 is 0 Å². The topological polar surface area (TPSA) is 17.1 Å². The van der Waals surface area contributed by atoms with Gasteiger partial charge in [-0.15, -0.1) is 6.58 Å². The first kappa shape index (κ1) is 7.15. The standard InChI is InChI=1S/C7H10O/c1-3-7(2)5-4-6-8/h3-7H,1H2,2H3/b5-4-. The fourth-order valence-electron chi connectivity index (χ4n) is 0.299. The van der Waals surface area contributed by atoms with Gasteiger partial charge in [-0.3, -0.25) is 4.79 Å². The highest BCUT2D eigenvalue weighted by atomic mass is 16.1. The minimum Gasteiger partial charge on any atom is -0.299 e. The van der Waals surface area contributed by atoms with Gasteiger partial charge in [0.1, 0.15) is 6.29 Å². The Hall–Kier alpha value is -0.850. The monoisotopic (exact) mass is 110 g/mol. The van der Waals surface area contributed by atoms with Crippen LogP contribution in [0, 0.1) is 5.92 Å². The van der Waals surface area contributed by atoms with Crippen molar-refractivity contribution in [1.82, 2.24) is 0 Å². The second kappa shape index (κ2) is 4.31. The number of aldehydes is 1. The van der Waals surface area contributed by atoms with Crippen LogP contribution < -0.4 is 0 Å². The first-order valence-corrected chi connectivity index (χ1v) is 2.55. The van der Waals surface area contributed by atoms with Crippen LogP contribution in [0.3, 0.4) is 0 Å². The summed E-state index contributed by atoms with van der Waals surface area (Å²) >= 11 is 0. The number of hydrogen-bond donors (Lipinski definition) is 0. The normalized spacial score (nSPS) is 13.6. The highest BCUT2D eigenvalue weighted by Gasteiger charge is 1.82. The molecule has 0 saturated heterocycles. The Kier molecular flexibility index (Phi) is 3.85. The molecule has 0 radical (unpaired) electrons. The molecule has 0 aromatic heterocycles. The first-order chi connectivity index (χ1) is 3.81. The average molecular weight is 110 g/mol. The van der Waals surface area contributed by atoms with Crippen LogP contribution in [0.15, 0.2) is 24.8 Å². The maximum Gasteiger partial charge on any atom is 0.142 e. The van der Waals surface area contributed by atoms with E-state index >= 15 is 0 Å². The van der Waals surface area contributed by atoms with Crippen molar-refractivity contribution in [3.8, 4) is 0 Å². The van der Waals surface area contributed by atoms with Crippen LogP contribution in [0.2, 0.25) is 0 Å². The van der Waals surface area contributed by atoms with Crippen molar-refractivity contribution in [3.63, 3.8) is 0 Å². The Morgan fingerprint density at radius 3 is 2.62 bits per heavy atom. The number of hydrogen-bond acceptors (Lipinski definition) is 1. The molecule has 0 aliphatic rings. The molecule has 44 valence electrons. The molecule has 0 saturated carbocycles. The molecule has 0 N–H and O–H groups in total. The van der Waals surface area contributed by atoms with Crippen LogP contribution in [0.25, 0.3) is 0 Å². The summed E-state index contributed by atoms with van der Waals surface area (Å²) in [4.78, 5) is 9.70. The maximum absolute atomic E-state index is 9.70. The molecule has 0 bridgehead atoms. The van der Waals surface area contributed by atoms with Gasteiger partial charge in [-0.1, -0.05) is 19.1 Å². The fraction of sp³-hybridized carbons (Fsp3) is 0.286. The molecule has 1 atom stereocenters. The van der Waals surface area contributed by atoms with E-state index in [4.69, 9.17) is 0 Å². The van der Waals surface area contributed by atoms with E-state index in [0.717, 1.165) is 6.29 Å². The molecule has 1 unspecified atom stereocenters. The first-order valence-electron chi connectivity index (χ1n) is 2.55. The van der Waals surface area contributed by atoms with Crippen LogP contribution in [-0.4, -0.2) is 6.29 Å². The van der Waals surface area contributed by atoms with Gasteiger partial charge in [-0.2, -0.15) is 0 Å². The summed E-state index contributed by atoms with van der Waals surface area (Å²) in [5, 5.41) is 0. The lowest BCUT2D eigenvalue weighted by atomic mass is 10.2. The lowest BCUT2D eigenvalue weighted by Crippen LogP contribution is -1.78. The van der Waals surface area contributed by atoms with Gasteiger partial charge in [-0.05, 0) is 12.0 Å². The summed E-state index contributed by atoms with van der Waals surface area (Å²) < 4.78 is 0. The van der Waals surface area contributed by atoms with Crippen LogP contribution in [0.4, 0.5) is 0 Å².